The summed E-state index contributed by atoms with van der Waals surface area (Å²) >= 11 is 5.99. The minimum atomic E-state index is -1.46. The lowest BCUT2D eigenvalue weighted by molar-refractivity contribution is -0.164. The van der Waals surface area contributed by atoms with E-state index in [1.807, 2.05) is 29.2 Å². The SMILES string of the molecule is CN1N[C@H](c2ccc(Cl)cc2)[C@H]2CN(C3CCCCC3)C(=O)[C@]21O. The highest BCUT2D eigenvalue weighted by atomic mass is 35.5. The van der Waals surface area contributed by atoms with Gasteiger partial charge in [-0.15, -0.1) is 0 Å². The van der Waals surface area contributed by atoms with Crippen molar-refractivity contribution in [3.8, 4) is 0 Å². The molecule has 1 saturated carbocycles. The highest BCUT2D eigenvalue weighted by Crippen LogP contribution is 2.46. The van der Waals surface area contributed by atoms with E-state index in [2.05, 4.69) is 5.43 Å². The van der Waals surface area contributed by atoms with Gasteiger partial charge in [-0.25, -0.2) is 10.4 Å². The number of fused-ring (bicyclic) bond motifs is 1. The summed E-state index contributed by atoms with van der Waals surface area (Å²) in [7, 11) is 1.76. The van der Waals surface area contributed by atoms with Gasteiger partial charge >= 0.3 is 0 Å². The molecule has 0 radical (unpaired) electrons. The molecular formula is C18H24ClN3O2. The summed E-state index contributed by atoms with van der Waals surface area (Å²) in [6.45, 7) is 0.602. The van der Waals surface area contributed by atoms with Crippen molar-refractivity contribution in [1.29, 1.82) is 0 Å². The standard InChI is InChI=1S/C18H24ClN3O2/c1-21-18(24)15(16(20-21)12-7-9-13(19)10-8-12)11-22(17(18)23)14-5-3-2-4-6-14/h7-10,14-16,20,24H,2-6,11H2,1H3/t15-,16-,18-/m1/s1. The van der Waals surface area contributed by atoms with E-state index in [1.54, 1.807) is 12.1 Å². The van der Waals surface area contributed by atoms with Crippen molar-refractivity contribution in [3.05, 3.63) is 34.9 Å². The van der Waals surface area contributed by atoms with Gasteiger partial charge in [0.1, 0.15) is 0 Å². The number of rotatable bonds is 2. The molecule has 0 unspecified atom stereocenters. The number of halogens is 1. The van der Waals surface area contributed by atoms with Crippen LogP contribution in [0.1, 0.15) is 43.7 Å². The molecule has 6 heteroatoms. The fourth-order valence-electron chi connectivity index (χ4n) is 4.60. The van der Waals surface area contributed by atoms with Crippen LogP contribution in [0.3, 0.4) is 0 Å². The minimum Gasteiger partial charge on any atom is -0.366 e. The number of nitrogens with zero attached hydrogens (tertiary/aromatic N) is 2. The fourth-order valence-corrected chi connectivity index (χ4v) is 4.73. The molecule has 1 aliphatic carbocycles. The number of hydrogen-bond donors (Lipinski definition) is 2. The van der Waals surface area contributed by atoms with E-state index < -0.39 is 5.72 Å². The summed E-state index contributed by atoms with van der Waals surface area (Å²) < 4.78 is 0. The predicted octanol–water partition coefficient (Wildman–Crippen LogP) is 2.31. The zero-order valence-electron chi connectivity index (χ0n) is 13.9. The van der Waals surface area contributed by atoms with Gasteiger partial charge in [0.05, 0.1) is 12.0 Å². The Morgan fingerprint density at radius 2 is 1.88 bits per heavy atom. The smallest absolute Gasteiger partial charge is 0.272 e. The summed E-state index contributed by atoms with van der Waals surface area (Å²) in [5.41, 5.74) is 2.87. The van der Waals surface area contributed by atoms with Crippen molar-refractivity contribution < 1.29 is 9.90 Å². The molecule has 3 fully saturated rings. The number of nitrogens with one attached hydrogen (secondary N) is 1. The van der Waals surface area contributed by atoms with Crippen LogP contribution in [0.2, 0.25) is 5.02 Å². The number of likely N-dealkylation sites (tertiary alicyclic amines) is 1. The fraction of sp³-hybridized carbons (Fsp3) is 0.611. The lowest BCUT2D eigenvalue weighted by Gasteiger charge is -2.34. The maximum atomic E-state index is 13.0. The molecule has 3 aliphatic rings. The van der Waals surface area contributed by atoms with Crippen LogP contribution in [0.4, 0.5) is 0 Å². The van der Waals surface area contributed by atoms with Gasteiger partial charge in [-0.05, 0) is 30.5 Å². The second kappa shape index (κ2) is 5.99. The lowest BCUT2D eigenvalue weighted by atomic mass is 9.89. The number of likely N-dealkylation sites (N-methyl/N-ethyl adjacent to an activating group) is 1. The van der Waals surface area contributed by atoms with Gasteiger partial charge < -0.3 is 10.0 Å². The van der Waals surface area contributed by atoms with Crippen molar-refractivity contribution in [2.45, 2.75) is 49.9 Å². The van der Waals surface area contributed by atoms with Crippen molar-refractivity contribution in [1.82, 2.24) is 15.3 Å². The van der Waals surface area contributed by atoms with E-state index in [9.17, 15) is 9.90 Å². The maximum Gasteiger partial charge on any atom is 0.272 e. The average Bonchev–Trinajstić information content (AvgIpc) is 3.01. The molecule has 2 N–H and O–H groups in total. The number of carbonyl (C=O) groups excluding carboxylic acids is 1. The van der Waals surface area contributed by atoms with E-state index >= 15 is 0 Å². The Morgan fingerprint density at radius 3 is 2.54 bits per heavy atom. The van der Waals surface area contributed by atoms with Crippen LogP contribution in [0.5, 0.6) is 0 Å². The molecule has 0 aromatic heterocycles. The average molecular weight is 350 g/mol. The lowest BCUT2D eigenvalue weighted by Crippen LogP contribution is -2.55. The van der Waals surface area contributed by atoms with Gasteiger partial charge in [-0.2, -0.15) is 0 Å². The summed E-state index contributed by atoms with van der Waals surface area (Å²) in [5.74, 6) is -0.330. The molecule has 1 aromatic rings. The third kappa shape index (κ3) is 2.37. The summed E-state index contributed by atoms with van der Waals surface area (Å²) in [4.78, 5) is 15.0. The molecule has 0 spiro atoms. The van der Waals surface area contributed by atoms with Crippen LogP contribution in [-0.2, 0) is 4.79 Å². The molecule has 1 aromatic carbocycles. The number of carbonyl (C=O) groups is 1. The first-order valence-electron chi connectivity index (χ1n) is 8.80. The normalized spacial score (nSPS) is 34.8. The number of aliphatic hydroxyl groups is 1. The van der Waals surface area contributed by atoms with E-state index in [-0.39, 0.29) is 23.9 Å². The van der Waals surface area contributed by atoms with E-state index in [1.165, 1.54) is 19.3 Å². The van der Waals surface area contributed by atoms with E-state index in [0.717, 1.165) is 18.4 Å². The van der Waals surface area contributed by atoms with Crippen LogP contribution in [0.25, 0.3) is 0 Å². The van der Waals surface area contributed by atoms with Gasteiger partial charge in [-0.1, -0.05) is 43.0 Å². The number of benzene rings is 1. The monoisotopic (exact) mass is 349 g/mol. The van der Waals surface area contributed by atoms with Gasteiger partial charge in [0.15, 0.2) is 0 Å². The quantitative estimate of drug-likeness (QED) is 0.860. The Balaban J connectivity index is 1.63. The third-order valence-corrected chi connectivity index (χ3v) is 6.23. The summed E-state index contributed by atoms with van der Waals surface area (Å²) in [6.07, 6.45) is 5.70. The molecule has 2 heterocycles. The zero-order valence-corrected chi connectivity index (χ0v) is 14.7. The molecule has 2 aliphatic heterocycles. The first-order valence-corrected chi connectivity index (χ1v) is 9.18. The van der Waals surface area contributed by atoms with Gasteiger partial charge in [0.2, 0.25) is 5.72 Å². The first kappa shape index (κ1) is 16.3. The van der Waals surface area contributed by atoms with E-state index in [4.69, 9.17) is 11.6 Å². The number of hydrazine groups is 1. The van der Waals surface area contributed by atoms with Crippen LogP contribution >= 0.6 is 11.6 Å². The Hall–Kier alpha value is -1.14. The second-order valence-corrected chi connectivity index (χ2v) is 7.74. The van der Waals surface area contributed by atoms with Crippen LogP contribution in [0.15, 0.2) is 24.3 Å². The van der Waals surface area contributed by atoms with Crippen molar-refractivity contribution in [2.24, 2.45) is 5.92 Å². The summed E-state index contributed by atoms with van der Waals surface area (Å²) in [5, 5.41) is 13.5. The van der Waals surface area contributed by atoms with Crippen LogP contribution in [0, 0.1) is 5.92 Å². The predicted molar refractivity (Wildman–Crippen MR) is 92.1 cm³/mol. The molecule has 5 nitrogen and oxygen atoms in total. The highest BCUT2D eigenvalue weighted by molar-refractivity contribution is 6.30. The number of hydrogen-bond acceptors (Lipinski definition) is 4. The Morgan fingerprint density at radius 1 is 1.21 bits per heavy atom. The molecule has 24 heavy (non-hydrogen) atoms. The summed E-state index contributed by atoms with van der Waals surface area (Å²) in [6, 6.07) is 7.83. The third-order valence-electron chi connectivity index (χ3n) is 5.98. The van der Waals surface area contributed by atoms with E-state index in [0.29, 0.717) is 11.6 Å². The van der Waals surface area contributed by atoms with Crippen LogP contribution in [-0.4, -0.2) is 46.3 Å². The minimum absolute atomic E-state index is 0.0881. The Labute approximate surface area is 147 Å². The molecule has 130 valence electrons. The molecular weight excluding hydrogens is 326 g/mol. The topological polar surface area (TPSA) is 55.8 Å². The zero-order chi connectivity index (χ0) is 16.9. The second-order valence-electron chi connectivity index (χ2n) is 7.30. The molecule has 4 rings (SSSR count). The maximum absolute atomic E-state index is 13.0. The molecule has 1 amide bonds. The molecule has 3 atom stereocenters. The van der Waals surface area contributed by atoms with Gasteiger partial charge in [0, 0.05) is 24.7 Å². The largest absolute Gasteiger partial charge is 0.366 e. The van der Waals surface area contributed by atoms with Crippen LogP contribution < -0.4 is 5.43 Å². The first-order chi connectivity index (χ1) is 11.5. The van der Waals surface area contributed by atoms with Gasteiger partial charge in [-0.3, -0.25) is 4.79 Å². The van der Waals surface area contributed by atoms with Crippen molar-refractivity contribution in [3.63, 3.8) is 0 Å². The Kier molecular flexibility index (Phi) is 4.07. The van der Waals surface area contributed by atoms with Crippen molar-refractivity contribution >= 4 is 17.5 Å². The molecule has 0 bridgehead atoms. The molecule has 2 saturated heterocycles. The van der Waals surface area contributed by atoms with Crippen molar-refractivity contribution in [2.75, 3.05) is 13.6 Å². The Bertz CT molecular complexity index is 632. The van der Waals surface area contributed by atoms with Gasteiger partial charge in [0.25, 0.3) is 5.91 Å². The number of amides is 1. The highest BCUT2D eigenvalue weighted by Gasteiger charge is 2.64.